The predicted octanol–water partition coefficient (Wildman–Crippen LogP) is 4.26. The number of carbonyl (C=O) groups excluding carboxylic acids is 1. The fourth-order valence-corrected chi connectivity index (χ4v) is 4.52. The molecule has 0 bridgehead atoms. The van der Waals surface area contributed by atoms with Gasteiger partial charge in [-0.1, -0.05) is 31.2 Å². The lowest BCUT2D eigenvalue weighted by Crippen LogP contribution is -2.29. The Morgan fingerprint density at radius 2 is 1.90 bits per heavy atom. The van der Waals surface area contributed by atoms with Crippen LogP contribution in [0.1, 0.15) is 55.7 Å². The van der Waals surface area contributed by atoms with Crippen LogP contribution < -0.4 is 21.9 Å². The average Bonchev–Trinajstić information content (AvgIpc) is 2.95. The van der Waals surface area contributed by atoms with Crippen molar-refractivity contribution in [3.05, 3.63) is 76.0 Å². The molecule has 11 nitrogen and oxygen atoms in total. The number of nitrogen functional groups attached to an aromatic ring is 1. The van der Waals surface area contributed by atoms with E-state index >= 15 is 0 Å². The van der Waals surface area contributed by atoms with Gasteiger partial charge in [0.25, 0.3) is 5.56 Å². The molecule has 2 aromatic heterocycles. The third-order valence-electron chi connectivity index (χ3n) is 6.54. The summed E-state index contributed by atoms with van der Waals surface area (Å²) in [5.41, 5.74) is 8.24. The van der Waals surface area contributed by atoms with Gasteiger partial charge in [0.1, 0.15) is 23.3 Å². The van der Waals surface area contributed by atoms with Gasteiger partial charge in [-0.15, -0.1) is 0 Å². The van der Waals surface area contributed by atoms with Crippen molar-refractivity contribution in [2.45, 2.75) is 45.6 Å². The monoisotopic (exact) mass is 540 g/mol. The number of carbonyl (C=O) groups is 1. The summed E-state index contributed by atoms with van der Waals surface area (Å²) in [6.07, 6.45) is 2.28. The minimum absolute atomic E-state index is 0.0445. The van der Waals surface area contributed by atoms with E-state index in [-0.39, 0.29) is 28.9 Å². The predicted molar refractivity (Wildman–Crippen MR) is 154 cm³/mol. The number of nitrogens with zero attached hydrogens (tertiary/aromatic N) is 5. The van der Waals surface area contributed by atoms with Crippen molar-refractivity contribution >= 4 is 34.3 Å². The van der Waals surface area contributed by atoms with E-state index in [1.165, 1.54) is 7.11 Å². The van der Waals surface area contributed by atoms with Crippen LogP contribution in [0.2, 0.25) is 0 Å². The first-order chi connectivity index (χ1) is 19.4. The van der Waals surface area contributed by atoms with E-state index < -0.39 is 6.04 Å². The summed E-state index contributed by atoms with van der Waals surface area (Å²) < 4.78 is 6.29. The number of hydrogen-bond acceptors (Lipinski definition) is 10. The fraction of sp³-hybridized carbons (Fsp3) is 0.310. The third kappa shape index (κ3) is 6.02. The molecular formula is C29H32N8O3. The van der Waals surface area contributed by atoms with Gasteiger partial charge in [-0.05, 0) is 50.5 Å². The van der Waals surface area contributed by atoms with Crippen molar-refractivity contribution < 1.29 is 9.53 Å². The van der Waals surface area contributed by atoms with Crippen molar-refractivity contribution in [1.82, 2.24) is 19.5 Å². The largest absolute Gasteiger partial charge is 0.469 e. The lowest BCUT2D eigenvalue weighted by atomic mass is 10.1. The van der Waals surface area contributed by atoms with E-state index in [4.69, 9.17) is 15.5 Å². The number of ether oxygens (including phenoxy) is 1. The van der Waals surface area contributed by atoms with Crippen molar-refractivity contribution in [2.75, 3.05) is 30.0 Å². The smallest absolute Gasteiger partial charge is 0.305 e. The number of rotatable bonds is 11. The van der Waals surface area contributed by atoms with E-state index in [9.17, 15) is 14.9 Å². The highest BCUT2D eigenvalue weighted by molar-refractivity contribution is 5.91. The number of nitrogens with one attached hydrogen (secondary N) is 2. The first-order valence-electron chi connectivity index (χ1n) is 13.1. The first kappa shape index (κ1) is 28.0. The molecule has 0 aliphatic carbocycles. The van der Waals surface area contributed by atoms with Gasteiger partial charge in [0.2, 0.25) is 5.95 Å². The average molecular weight is 541 g/mol. The summed E-state index contributed by atoms with van der Waals surface area (Å²) >= 11 is 0. The molecule has 0 amide bonds. The molecule has 0 saturated heterocycles. The number of methoxy groups -OCH3 is 1. The Morgan fingerprint density at radius 1 is 1.12 bits per heavy atom. The summed E-state index contributed by atoms with van der Waals surface area (Å²) in [5.74, 6) is 0.562. The summed E-state index contributed by atoms with van der Waals surface area (Å²) in [6.45, 7) is 4.23. The highest BCUT2D eigenvalue weighted by Crippen LogP contribution is 2.28. The van der Waals surface area contributed by atoms with Gasteiger partial charge in [0.15, 0.2) is 0 Å². The molecule has 0 spiro atoms. The molecule has 1 atom stereocenters. The number of aryl methyl sites for hydroxylation is 1. The maximum atomic E-state index is 14.2. The molecule has 4 aromatic rings. The molecule has 11 heteroatoms. The van der Waals surface area contributed by atoms with Crippen LogP contribution in [0.25, 0.3) is 16.6 Å². The van der Waals surface area contributed by atoms with Gasteiger partial charge in [-0.2, -0.15) is 10.2 Å². The lowest BCUT2D eigenvalue weighted by Gasteiger charge is -2.23. The topological polar surface area (TPSA) is 161 Å². The Balaban J connectivity index is 1.79. The zero-order valence-electron chi connectivity index (χ0n) is 22.8. The molecule has 40 heavy (non-hydrogen) atoms. The Kier molecular flexibility index (Phi) is 8.91. The molecule has 0 fully saturated rings. The van der Waals surface area contributed by atoms with Crippen molar-refractivity contribution in [3.8, 4) is 11.8 Å². The van der Waals surface area contributed by atoms with Gasteiger partial charge in [-0.25, -0.2) is 9.97 Å². The molecule has 206 valence electrons. The van der Waals surface area contributed by atoms with Crippen LogP contribution >= 0.6 is 0 Å². The van der Waals surface area contributed by atoms with E-state index in [0.29, 0.717) is 59.6 Å². The van der Waals surface area contributed by atoms with E-state index in [1.807, 2.05) is 49.4 Å². The summed E-state index contributed by atoms with van der Waals surface area (Å²) in [4.78, 5) is 38.9. The molecule has 0 saturated carbocycles. The molecule has 0 aliphatic heterocycles. The van der Waals surface area contributed by atoms with Gasteiger partial charge in [0.05, 0.1) is 35.4 Å². The maximum absolute atomic E-state index is 14.2. The van der Waals surface area contributed by atoms with E-state index in [0.717, 1.165) is 6.42 Å². The number of para-hydroxylation sites is 1. The minimum Gasteiger partial charge on any atom is -0.469 e. The Bertz CT molecular complexity index is 1610. The number of unbranched alkanes of at least 4 members (excludes halogenated alkanes) is 1. The molecule has 0 unspecified atom stereocenters. The minimum atomic E-state index is -0.479. The number of esters is 1. The molecule has 0 aliphatic rings. The van der Waals surface area contributed by atoms with Gasteiger partial charge in [-0.3, -0.25) is 14.2 Å². The number of anilines is 3. The van der Waals surface area contributed by atoms with Crippen molar-refractivity contribution in [1.29, 1.82) is 5.26 Å². The Labute approximate surface area is 232 Å². The summed E-state index contributed by atoms with van der Waals surface area (Å²) in [7, 11) is 1.38. The van der Waals surface area contributed by atoms with Crippen molar-refractivity contribution in [3.63, 3.8) is 0 Å². The molecule has 2 heterocycles. The molecular weight excluding hydrogens is 508 g/mol. The number of fused-ring (bicyclic) bond motifs is 1. The lowest BCUT2D eigenvalue weighted by molar-refractivity contribution is -0.140. The third-order valence-corrected chi connectivity index (χ3v) is 6.54. The first-order valence-corrected chi connectivity index (χ1v) is 13.1. The van der Waals surface area contributed by atoms with Gasteiger partial charge < -0.3 is 21.1 Å². The molecule has 0 radical (unpaired) electrons. The van der Waals surface area contributed by atoms with Crippen LogP contribution in [0, 0.1) is 18.3 Å². The fourth-order valence-electron chi connectivity index (χ4n) is 4.52. The van der Waals surface area contributed by atoms with Crippen LogP contribution in [-0.4, -0.2) is 39.1 Å². The summed E-state index contributed by atoms with van der Waals surface area (Å²) in [5, 5.41) is 16.8. The number of hydrogen-bond donors (Lipinski definition) is 3. The van der Waals surface area contributed by atoms with Gasteiger partial charge in [0, 0.05) is 18.7 Å². The van der Waals surface area contributed by atoms with E-state index in [1.54, 1.807) is 17.6 Å². The highest BCUT2D eigenvalue weighted by Gasteiger charge is 2.23. The molecule has 2 aromatic carbocycles. The zero-order chi connectivity index (χ0) is 28.6. The van der Waals surface area contributed by atoms with Crippen LogP contribution in [0.5, 0.6) is 0 Å². The van der Waals surface area contributed by atoms with Crippen LogP contribution in [0.3, 0.4) is 0 Å². The number of nitrogens with two attached hydrogens (primary N) is 1. The van der Waals surface area contributed by atoms with E-state index in [2.05, 4.69) is 26.7 Å². The molecule has 4 N–H and O–H groups in total. The zero-order valence-corrected chi connectivity index (χ0v) is 22.8. The second kappa shape index (κ2) is 12.7. The number of nitriles is 1. The number of aromatic nitrogens is 4. The normalized spacial score (nSPS) is 11.6. The maximum Gasteiger partial charge on any atom is 0.305 e. The quantitative estimate of drug-likeness (QED) is 0.185. The Hall–Kier alpha value is -4.98. The number of benzene rings is 2. The van der Waals surface area contributed by atoms with Crippen LogP contribution in [0.4, 0.5) is 17.5 Å². The second-order valence-corrected chi connectivity index (χ2v) is 9.21. The van der Waals surface area contributed by atoms with Crippen molar-refractivity contribution in [2.24, 2.45) is 0 Å². The summed E-state index contributed by atoms with van der Waals surface area (Å²) in [6, 6.07) is 16.5. The standard InChI is InChI=1S/C29H32N8O3/c1-4-21(34-26-20(17-30)18(2)33-29(31)36-26)27-35-23-14-10-13-22(32-16-9-8-15-24(38)40-3)25(23)28(39)37(27)19-11-6-5-7-12-19/h5-7,10-14,21,32H,4,8-9,15-16H2,1-3H3,(H3,31,33,34,36)/t21-/m0/s1. The second-order valence-electron chi connectivity index (χ2n) is 9.21. The molecule has 4 rings (SSSR count). The van der Waals surface area contributed by atoms with Gasteiger partial charge >= 0.3 is 5.97 Å². The Morgan fingerprint density at radius 3 is 2.60 bits per heavy atom. The van der Waals surface area contributed by atoms with Crippen LogP contribution in [0.15, 0.2) is 53.3 Å². The SMILES string of the molecule is CC[C@H](Nc1nc(N)nc(C)c1C#N)c1nc2cccc(NCCCCC(=O)OC)c2c(=O)n1-c1ccccc1. The van der Waals surface area contributed by atoms with Crippen LogP contribution in [-0.2, 0) is 9.53 Å². The highest BCUT2D eigenvalue weighted by atomic mass is 16.5.